The Labute approximate surface area is 81.2 Å². The normalized spacial score (nSPS) is 20.4. The van der Waals surface area contributed by atoms with Crippen LogP contribution in [0.5, 0.6) is 0 Å². The molecule has 0 saturated carbocycles. The Balaban J connectivity index is 2.11. The van der Waals surface area contributed by atoms with E-state index in [1.807, 2.05) is 6.08 Å². The molecule has 0 amide bonds. The molecule has 1 fully saturated rings. The Bertz CT molecular complexity index is 139. The molecule has 13 heavy (non-hydrogen) atoms. The summed E-state index contributed by atoms with van der Waals surface area (Å²) in [5.41, 5.74) is 5.51. The molecule has 1 aliphatic rings. The van der Waals surface area contributed by atoms with E-state index in [0.29, 0.717) is 0 Å². The first-order valence-corrected chi connectivity index (χ1v) is 5.12. The molecule has 0 spiro atoms. The summed E-state index contributed by atoms with van der Waals surface area (Å²) in [7, 11) is 0. The van der Waals surface area contributed by atoms with Crippen LogP contribution in [0.4, 0.5) is 0 Å². The molecule has 0 atom stereocenters. The molecular formula is C10H21N3. The lowest BCUT2D eigenvalue weighted by Gasteiger charge is -2.34. The number of hydrogen-bond acceptors (Lipinski definition) is 3. The average Bonchev–Trinajstić information content (AvgIpc) is 2.17. The standard InChI is InChI=1S/C10H21N3/c1-2-3-5-12-7-9-13(6-4-11)10-8-12/h2H,1,3-11H2. The van der Waals surface area contributed by atoms with Crippen molar-refractivity contribution >= 4 is 0 Å². The van der Waals surface area contributed by atoms with Crippen LogP contribution < -0.4 is 5.73 Å². The van der Waals surface area contributed by atoms with Crippen LogP contribution in [0, 0.1) is 0 Å². The van der Waals surface area contributed by atoms with Crippen molar-refractivity contribution in [2.24, 2.45) is 5.73 Å². The molecule has 0 bridgehead atoms. The van der Waals surface area contributed by atoms with E-state index in [1.54, 1.807) is 0 Å². The van der Waals surface area contributed by atoms with Crippen LogP contribution in [0.25, 0.3) is 0 Å². The fraction of sp³-hybridized carbons (Fsp3) is 0.800. The molecule has 1 aliphatic heterocycles. The molecule has 3 nitrogen and oxygen atoms in total. The summed E-state index contributed by atoms with van der Waals surface area (Å²) in [4.78, 5) is 4.93. The van der Waals surface area contributed by atoms with Gasteiger partial charge in [-0.1, -0.05) is 6.08 Å². The first-order chi connectivity index (χ1) is 6.36. The van der Waals surface area contributed by atoms with Crippen LogP contribution >= 0.6 is 0 Å². The Morgan fingerprint density at radius 2 is 1.62 bits per heavy atom. The summed E-state index contributed by atoms with van der Waals surface area (Å²) in [6.45, 7) is 11.5. The topological polar surface area (TPSA) is 32.5 Å². The maximum absolute atomic E-state index is 5.51. The van der Waals surface area contributed by atoms with Crippen molar-refractivity contribution in [3.05, 3.63) is 12.7 Å². The molecule has 76 valence electrons. The van der Waals surface area contributed by atoms with Gasteiger partial charge in [-0.05, 0) is 6.42 Å². The molecule has 0 unspecified atom stereocenters. The van der Waals surface area contributed by atoms with Crippen molar-refractivity contribution in [1.82, 2.24) is 9.80 Å². The molecule has 0 aliphatic carbocycles. The monoisotopic (exact) mass is 183 g/mol. The highest BCUT2D eigenvalue weighted by Crippen LogP contribution is 2.01. The molecule has 1 saturated heterocycles. The van der Waals surface area contributed by atoms with Gasteiger partial charge in [0, 0.05) is 45.8 Å². The number of piperazine rings is 1. The van der Waals surface area contributed by atoms with Crippen LogP contribution in [0.2, 0.25) is 0 Å². The third kappa shape index (κ3) is 3.89. The Morgan fingerprint density at radius 3 is 2.08 bits per heavy atom. The second-order valence-corrected chi connectivity index (χ2v) is 3.55. The summed E-state index contributed by atoms with van der Waals surface area (Å²) >= 11 is 0. The highest BCUT2D eigenvalue weighted by Gasteiger charge is 2.14. The number of nitrogens with two attached hydrogens (primary N) is 1. The molecule has 2 N–H and O–H groups in total. The highest BCUT2D eigenvalue weighted by molar-refractivity contribution is 4.75. The van der Waals surface area contributed by atoms with Gasteiger partial charge in [0.2, 0.25) is 0 Å². The lowest BCUT2D eigenvalue weighted by Crippen LogP contribution is -2.47. The predicted molar refractivity (Wildman–Crippen MR) is 56.7 cm³/mol. The van der Waals surface area contributed by atoms with Gasteiger partial charge in [0.1, 0.15) is 0 Å². The smallest absolute Gasteiger partial charge is 0.0110 e. The van der Waals surface area contributed by atoms with Crippen molar-refractivity contribution in [2.75, 3.05) is 45.8 Å². The van der Waals surface area contributed by atoms with Gasteiger partial charge in [0.15, 0.2) is 0 Å². The third-order valence-electron chi connectivity index (χ3n) is 2.56. The van der Waals surface area contributed by atoms with E-state index >= 15 is 0 Å². The van der Waals surface area contributed by atoms with Gasteiger partial charge in [0.05, 0.1) is 0 Å². The molecule has 0 radical (unpaired) electrons. The van der Waals surface area contributed by atoms with E-state index in [9.17, 15) is 0 Å². The summed E-state index contributed by atoms with van der Waals surface area (Å²) in [6, 6.07) is 0. The van der Waals surface area contributed by atoms with E-state index in [4.69, 9.17) is 5.73 Å². The van der Waals surface area contributed by atoms with E-state index < -0.39 is 0 Å². The number of rotatable bonds is 5. The minimum Gasteiger partial charge on any atom is -0.329 e. The second-order valence-electron chi connectivity index (χ2n) is 3.55. The Kier molecular flexibility index (Phi) is 5.05. The van der Waals surface area contributed by atoms with Gasteiger partial charge in [-0.25, -0.2) is 0 Å². The van der Waals surface area contributed by atoms with Gasteiger partial charge in [0.25, 0.3) is 0 Å². The first-order valence-electron chi connectivity index (χ1n) is 5.12. The van der Waals surface area contributed by atoms with Gasteiger partial charge in [-0.15, -0.1) is 6.58 Å². The number of nitrogens with zero attached hydrogens (tertiary/aromatic N) is 2. The second kappa shape index (κ2) is 6.13. The highest BCUT2D eigenvalue weighted by atomic mass is 15.3. The van der Waals surface area contributed by atoms with Crippen molar-refractivity contribution in [2.45, 2.75) is 6.42 Å². The van der Waals surface area contributed by atoms with E-state index in [2.05, 4.69) is 16.4 Å². The first kappa shape index (κ1) is 10.7. The fourth-order valence-corrected chi connectivity index (χ4v) is 1.69. The van der Waals surface area contributed by atoms with Gasteiger partial charge in [-0.2, -0.15) is 0 Å². The summed E-state index contributed by atoms with van der Waals surface area (Å²) in [6.07, 6.45) is 3.10. The van der Waals surface area contributed by atoms with Crippen molar-refractivity contribution < 1.29 is 0 Å². The fourth-order valence-electron chi connectivity index (χ4n) is 1.69. The quantitative estimate of drug-likeness (QED) is 0.615. The molecule has 1 rings (SSSR count). The maximum atomic E-state index is 5.51. The van der Waals surface area contributed by atoms with Gasteiger partial charge < -0.3 is 10.6 Å². The summed E-state index contributed by atoms with van der Waals surface area (Å²) in [5, 5.41) is 0. The lowest BCUT2D eigenvalue weighted by atomic mass is 10.3. The lowest BCUT2D eigenvalue weighted by molar-refractivity contribution is 0.137. The summed E-state index contributed by atoms with van der Waals surface area (Å²) < 4.78 is 0. The van der Waals surface area contributed by atoms with Crippen LogP contribution in [0.3, 0.4) is 0 Å². The van der Waals surface area contributed by atoms with Crippen LogP contribution in [-0.2, 0) is 0 Å². The average molecular weight is 183 g/mol. The minimum atomic E-state index is 0.784. The molecule has 0 aromatic carbocycles. The van der Waals surface area contributed by atoms with Crippen LogP contribution in [0.15, 0.2) is 12.7 Å². The zero-order valence-corrected chi connectivity index (χ0v) is 8.41. The molecule has 0 aromatic heterocycles. The zero-order valence-electron chi connectivity index (χ0n) is 8.41. The summed E-state index contributed by atoms with van der Waals surface area (Å²) in [5.74, 6) is 0. The SMILES string of the molecule is C=CCCN1CCN(CCN)CC1. The third-order valence-corrected chi connectivity index (χ3v) is 2.56. The van der Waals surface area contributed by atoms with Gasteiger partial charge in [-0.3, -0.25) is 4.90 Å². The Hall–Kier alpha value is -0.380. The molecule has 1 heterocycles. The minimum absolute atomic E-state index is 0.784. The van der Waals surface area contributed by atoms with E-state index in [1.165, 1.54) is 32.7 Å². The Morgan fingerprint density at radius 1 is 1.08 bits per heavy atom. The zero-order chi connectivity index (χ0) is 9.52. The predicted octanol–water partition coefficient (Wildman–Crippen LogP) is 0.139. The molecule has 3 heteroatoms. The maximum Gasteiger partial charge on any atom is 0.0110 e. The van der Waals surface area contributed by atoms with Crippen molar-refractivity contribution in [3.63, 3.8) is 0 Å². The van der Waals surface area contributed by atoms with Gasteiger partial charge >= 0.3 is 0 Å². The van der Waals surface area contributed by atoms with Crippen LogP contribution in [-0.4, -0.2) is 55.6 Å². The van der Waals surface area contributed by atoms with Crippen molar-refractivity contribution in [1.29, 1.82) is 0 Å². The molecular weight excluding hydrogens is 162 g/mol. The largest absolute Gasteiger partial charge is 0.329 e. The number of hydrogen-bond donors (Lipinski definition) is 1. The van der Waals surface area contributed by atoms with Crippen LogP contribution in [0.1, 0.15) is 6.42 Å². The van der Waals surface area contributed by atoms with E-state index in [-0.39, 0.29) is 0 Å². The van der Waals surface area contributed by atoms with E-state index in [0.717, 1.165) is 19.5 Å². The molecule has 0 aromatic rings. The van der Waals surface area contributed by atoms with Crippen molar-refractivity contribution in [3.8, 4) is 0 Å².